The highest BCUT2D eigenvalue weighted by Crippen LogP contribution is 2.41. The molecule has 136 valence electrons. The second-order valence-corrected chi connectivity index (χ2v) is 7.01. The maximum atomic E-state index is 5.53. The maximum Gasteiger partial charge on any atom is 0.231 e. The van der Waals surface area contributed by atoms with Crippen molar-refractivity contribution in [1.82, 2.24) is 19.9 Å². The van der Waals surface area contributed by atoms with E-state index in [4.69, 9.17) is 14.5 Å². The first kappa shape index (κ1) is 17.0. The van der Waals surface area contributed by atoms with Crippen molar-refractivity contribution in [2.75, 3.05) is 32.7 Å². The fourth-order valence-electron chi connectivity index (χ4n) is 2.96. The van der Waals surface area contributed by atoms with Crippen LogP contribution in [-0.4, -0.2) is 42.0 Å². The Hall–Kier alpha value is -2.45. The van der Waals surface area contributed by atoms with E-state index in [0.29, 0.717) is 0 Å². The van der Waals surface area contributed by atoms with Crippen molar-refractivity contribution in [1.29, 1.82) is 0 Å². The molecule has 0 saturated heterocycles. The Kier molecular flexibility index (Phi) is 4.60. The van der Waals surface area contributed by atoms with Crippen LogP contribution < -0.4 is 20.1 Å². The smallest absolute Gasteiger partial charge is 0.231 e. The minimum atomic E-state index is 0.279. The van der Waals surface area contributed by atoms with Gasteiger partial charge < -0.3 is 24.7 Å². The zero-order chi connectivity index (χ0) is 18.1. The molecule has 8 heteroatoms. The molecule has 26 heavy (non-hydrogen) atoms. The van der Waals surface area contributed by atoms with Gasteiger partial charge in [-0.05, 0) is 37.7 Å². The molecule has 0 radical (unpaired) electrons. The molecule has 0 unspecified atom stereocenters. The van der Waals surface area contributed by atoms with Gasteiger partial charge in [-0.1, -0.05) is 11.8 Å². The molecule has 0 aliphatic carbocycles. The van der Waals surface area contributed by atoms with E-state index in [9.17, 15) is 0 Å². The van der Waals surface area contributed by atoms with Crippen LogP contribution in [0.5, 0.6) is 11.5 Å². The quantitative estimate of drug-likeness (QED) is 0.690. The molecule has 3 heterocycles. The van der Waals surface area contributed by atoms with Gasteiger partial charge in [-0.15, -0.1) is 0 Å². The van der Waals surface area contributed by atoms with Crippen LogP contribution in [0, 0.1) is 6.92 Å². The van der Waals surface area contributed by atoms with Crippen LogP contribution >= 0.6 is 11.8 Å². The Labute approximate surface area is 156 Å². The highest BCUT2D eigenvalue weighted by atomic mass is 32.2. The largest absolute Gasteiger partial charge is 0.454 e. The summed E-state index contributed by atoms with van der Waals surface area (Å²) < 4.78 is 13.2. The van der Waals surface area contributed by atoms with Gasteiger partial charge in [0.25, 0.3) is 0 Å². The number of rotatable bonds is 6. The average molecular weight is 371 g/mol. The van der Waals surface area contributed by atoms with Gasteiger partial charge in [-0.25, -0.2) is 9.97 Å². The standard InChI is InChI=1S/C18H21N5O2S/c1-11-8-13-14(25-10-24-13)9-15(11)26-18-22-16-12(23(18)7-6-19-2)4-5-21-17(16)20-3/h4-5,8-9,19H,6-7,10H2,1-3H3,(H,20,21). The van der Waals surface area contributed by atoms with E-state index in [1.54, 1.807) is 11.8 Å². The number of nitrogens with one attached hydrogen (secondary N) is 2. The van der Waals surface area contributed by atoms with Gasteiger partial charge in [0, 0.05) is 31.2 Å². The van der Waals surface area contributed by atoms with E-state index in [-0.39, 0.29) is 6.79 Å². The van der Waals surface area contributed by atoms with Crippen molar-refractivity contribution in [3.8, 4) is 11.5 Å². The van der Waals surface area contributed by atoms with Crippen molar-refractivity contribution in [2.24, 2.45) is 0 Å². The van der Waals surface area contributed by atoms with Crippen LogP contribution in [0.15, 0.2) is 34.4 Å². The first-order valence-electron chi connectivity index (χ1n) is 8.47. The number of pyridine rings is 1. The normalized spacial score (nSPS) is 12.7. The summed E-state index contributed by atoms with van der Waals surface area (Å²) >= 11 is 1.64. The molecule has 0 spiro atoms. The van der Waals surface area contributed by atoms with Crippen LogP contribution in [0.1, 0.15) is 5.56 Å². The lowest BCUT2D eigenvalue weighted by molar-refractivity contribution is 0.174. The van der Waals surface area contributed by atoms with Crippen molar-refractivity contribution >= 4 is 28.6 Å². The molecule has 2 aromatic heterocycles. The van der Waals surface area contributed by atoms with E-state index in [2.05, 4.69) is 27.1 Å². The van der Waals surface area contributed by atoms with E-state index < -0.39 is 0 Å². The average Bonchev–Trinajstić information content (AvgIpc) is 3.23. The number of aromatic nitrogens is 3. The number of nitrogens with zero attached hydrogens (tertiary/aromatic N) is 3. The number of anilines is 1. The van der Waals surface area contributed by atoms with Gasteiger partial charge in [0.1, 0.15) is 5.52 Å². The fourth-order valence-corrected chi connectivity index (χ4v) is 3.98. The van der Waals surface area contributed by atoms with Gasteiger partial charge in [0.15, 0.2) is 22.5 Å². The molecule has 2 N–H and O–H groups in total. The van der Waals surface area contributed by atoms with E-state index in [1.165, 1.54) is 0 Å². The van der Waals surface area contributed by atoms with Crippen LogP contribution in [0.2, 0.25) is 0 Å². The molecule has 0 atom stereocenters. The molecular weight excluding hydrogens is 350 g/mol. The predicted octanol–water partition coefficient (Wildman–Crippen LogP) is 2.88. The molecule has 4 rings (SSSR count). The van der Waals surface area contributed by atoms with Gasteiger partial charge in [0.2, 0.25) is 6.79 Å². The Morgan fingerprint density at radius 1 is 1.23 bits per heavy atom. The number of hydrogen-bond donors (Lipinski definition) is 2. The number of hydrogen-bond acceptors (Lipinski definition) is 7. The van der Waals surface area contributed by atoms with Crippen LogP contribution in [0.3, 0.4) is 0 Å². The van der Waals surface area contributed by atoms with Crippen LogP contribution in [0.4, 0.5) is 5.82 Å². The van der Waals surface area contributed by atoms with Crippen molar-refractivity contribution in [3.63, 3.8) is 0 Å². The first-order valence-corrected chi connectivity index (χ1v) is 9.28. The first-order chi connectivity index (χ1) is 12.7. The second-order valence-electron chi connectivity index (χ2n) is 6.00. The summed E-state index contributed by atoms with van der Waals surface area (Å²) in [6, 6.07) is 6.06. The molecule has 0 saturated carbocycles. The monoisotopic (exact) mass is 371 g/mol. The lowest BCUT2D eigenvalue weighted by Gasteiger charge is -2.10. The summed E-state index contributed by atoms with van der Waals surface area (Å²) in [7, 11) is 3.82. The second kappa shape index (κ2) is 7.05. The lowest BCUT2D eigenvalue weighted by atomic mass is 10.2. The Bertz CT molecular complexity index is 956. The summed E-state index contributed by atoms with van der Waals surface area (Å²) in [6.07, 6.45) is 1.81. The van der Waals surface area contributed by atoms with Crippen LogP contribution in [-0.2, 0) is 6.54 Å². The zero-order valence-electron chi connectivity index (χ0n) is 15.0. The molecule has 0 bridgehead atoms. The Morgan fingerprint density at radius 2 is 2.04 bits per heavy atom. The minimum absolute atomic E-state index is 0.279. The van der Waals surface area contributed by atoms with Gasteiger partial charge in [0.05, 0.1) is 5.52 Å². The highest BCUT2D eigenvalue weighted by Gasteiger charge is 2.19. The maximum absolute atomic E-state index is 5.53. The van der Waals surface area contributed by atoms with Crippen molar-refractivity contribution < 1.29 is 9.47 Å². The predicted molar refractivity (Wildman–Crippen MR) is 102 cm³/mol. The minimum Gasteiger partial charge on any atom is -0.454 e. The summed E-state index contributed by atoms with van der Waals surface area (Å²) in [5.41, 5.74) is 3.09. The summed E-state index contributed by atoms with van der Waals surface area (Å²) in [4.78, 5) is 10.4. The topological polar surface area (TPSA) is 73.2 Å². The third kappa shape index (κ3) is 2.95. The molecule has 0 amide bonds. The molecule has 1 aliphatic heterocycles. The number of fused-ring (bicyclic) bond motifs is 2. The van der Waals surface area contributed by atoms with E-state index >= 15 is 0 Å². The fraction of sp³-hybridized carbons (Fsp3) is 0.333. The summed E-state index contributed by atoms with van der Waals surface area (Å²) in [5.74, 6) is 2.38. The Morgan fingerprint density at radius 3 is 2.81 bits per heavy atom. The molecule has 3 aromatic rings. The molecule has 7 nitrogen and oxygen atoms in total. The lowest BCUT2D eigenvalue weighted by Crippen LogP contribution is -2.15. The summed E-state index contributed by atoms with van der Waals surface area (Å²) in [6.45, 7) is 4.04. The van der Waals surface area contributed by atoms with Crippen LogP contribution in [0.25, 0.3) is 11.0 Å². The molecule has 1 aromatic carbocycles. The van der Waals surface area contributed by atoms with E-state index in [1.807, 2.05) is 38.5 Å². The number of likely N-dealkylation sites (N-methyl/N-ethyl adjacent to an activating group) is 1. The molecule has 0 fully saturated rings. The summed E-state index contributed by atoms with van der Waals surface area (Å²) in [5, 5.41) is 7.27. The highest BCUT2D eigenvalue weighted by molar-refractivity contribution is 7.99. The number of aryl methyl sites for hydroxylation is 1. The van der Waals surface area contributed by atoms with Crippen molar-refractivity contribution in [2.45, 2.75) is 23.5 Å². The van der Waals surface area contributed by atoms with E-state index in [0.717, 1.165) is 57.1 Å². The Balaban J connectivity index is 1.78. The van der Waals surface area contributed by atoms with Crippen molar-refractivity contribution in [3.05, 3.63) is 30.0 Å². The number of benzene rings is 1. The van der Waals surface area contributed by atoms with Gasteiger partial charge >= 0.3 is 0 Å². The zero-order valence-corrected chi connectivity index (χ0v) is 15.8. The van der Waals surface area contributed by atoms with Gasteiger partial charge in [-0.3, -0.25) is 0 Å². The molecular formula is C18H21N5O2S. The SMILES string of the molecule is CNCCn1c(Sc2cc3c(cc2C)OCO3)nc2c(NC)nccc21. The third-order valence-corrected chi connectivity index (χ3v) is 5.48. The third-order valence-electron chi connectivity index (χ3n) is 4.33. The number of imidazole rings is 1. The number of ether oxygens (including phenoxy) is 2. The molecule has 1 aliphatic rings. The van der Waals surface area contributed by atoms with Gasteiger partial charge in [-0.2, -0.15) is 0 Å².